The first-order valence-electron chi connectivity index (χ1n) is 6.04. The number of nitrogens with one attached hydrogen (secondary N) is 1. The van der Waals surface area contributed by atoms with Gasteiger partial charge in [0.1, 0.15) is 11.5 Å². The highest BCUT2D eigenvalue weighted by molar-refractivity contribution is 5.52. The predicted molar refractivity (Wildman–Crippen MR) is 71.3 cm³/mol. The first-order chi connectivity index (χ1) is 8.15. The molecule has 0 unspecified atom stereocenters. The molecule has 1 N–H and O–H groups in total. The van der Waals surface area contributed by atoms with Gasteiger partial charge >= 0.3 is 0 Å². The maximum absolute atomic E-state index is 5.57. The second-order valence-corrected chi connectivity index (χ2v) is 4.38. The van der Waals surface area contributed by atoms with Crippen LogP contribution < -0.4 is 14.8 Å². The van der Waals surface area contributed by atoms with Crippen LogP contribution >= 0.6 is 0 Å². The lowest BCUT2D eigenvalue weighted by Crippen LogP contribution is -2.12. The number of rotatable bonds is 6. The van der Waals surface area contributed by atoms with Crippen molar-refractivity contribution < 1.29 is 9.47 Å². The SMILES string of the molecule is CNCCc1ccc(OC)c(C(C)C)c1OC. The molecule has 17 heavy (non-hydrogen) atoms. The van der Waals surface area contributed by atoms with Gasteiger partial charge in [-0.2, -0.15) is 0 Å². The summed E-state index contributed by atoms with van der Waals surface area (Å²) in [7, 11) is 5.39. The third kappa shape index (κ3) is 3.13. The Bertz CT molecular complexity index is 361. The van der Waals surface area contributed by atoms with Crippen LogP contribution in [0, 0.1) is 0 Å². The summed E-state index contributed by atoms with van der Waals surface area (Å²) in [5.74, 6) is 2.26. The standard InChI is InChI=1S/C14H23NO2/c1-10(2)13-12(16-4)7-6-11(8-9-15-3)14(13)17-5/h6-7,10,15H,8-9H2,1-5H3. The minimum atomic E-state index is 0.384. The average Bonchev–Trinajstić information content (AvgIpc) is 2.34. The van der Waals surface area contributed by atoms with Gasteiger partial charge < -0.3 is 14.8 Å². The summed E-state index contributed by atoms with van der Waals surface area (Å²) in [6.07, 6.45) is 0.962. The van der Waals surface area contributed by atoms with Gasteiger partial charge in [0.05, 0.1) is 14.2 Å². The molecule has 0 bridgehead atoms. The summed E-state index contributed by atoms with van der Waals surface area (Å²) in [6, 6.07) is 4.11. The van der Waals surface area contributed by atoms with Crippen LogP contribution in [0.1, 0.15) is 30.9 Å². The lowest BCUT2D eigenvalue weighted by atomic mass is 9.96. The van der Waals surface area contributed by atoms with Crippen molar-refractivity contribution in [2.45, 2.75) is 26.2 Å². The molecule has 0 aliphatic carbocycles. The lowest BCUT2D eigenvalue weighted by Gasteiger charge is -2.19. The molecular formula is C14H23NO2. The van der Waals surface area contributed by atoms with Gasteiger partial charge in [0.25, 0.3) is 0 Å². The van der Waals surface area contributed by atoms with E-state index in [2.05, 4.69) is 25.2 Å². The van der Waals surface area contributed by atoms with E-state index in [0.29, 0.717) is 5.92 Å². The molecule has 0 spiro atoms. The van der Waals surface area contributed by atoms with Crippen molar-refractivity contribution in [3.8, 4) is 11.5 Å². The molecule has 0 radical (unpaired) electrons. The monoisotopic (exact) mass is 237 g/mol. The molecule has 1 aromatic rings. The first kappa shape index (κ1) is 13.8. The molecule has 96 valence electrons. The second-order valence-electron chi connectivity index (χ2n) is 4.38. The molecule has 3 heteroatoms. The zero-order chi connectivity index (χ0) is 12.8. The van der Waals surface area contributed by atoms with Crippen LogP contribution in [0.5, 0.6) is 11.5 Å². The molecule has 1 rings (SSSR count). The van der Waals surface area contributed by atoms with Crippen LogP contribution in [0.3, 0.4) is 0 Å². The van der Waals surface area contributed by atoms with E-state index in [9.17, 15) is 0 Å². The zero-order valence-electron chi connectivity index (χ0n) is 11.5. The molecule has 0 aromatic heterocycles. The van der Waals surface area contributed by atoms with Crippen molar-refractivity contribution in [1.82, 2.24) is 5.32 Å². The lowest BCUT2D eigenvalue weighted by molar-refractivity contribution is 0.378. The Kier molecular flexibility index (Phi) is 5.29. The Morgan fingerprint density at radius 3 is 2.35 bits per heavy atom. The van der Waals surface area contributed by atoms with Crippen molar-refractivity contribution in [2.24, 2.45) is 0 Å². The van der Waals surface area contributed by atoms with Crippen LogP contribution in [-0.4, -0.2) is 27.8 Å². The topological polar surface area (TPSA) is 30.5 Å². The highest BCUT2D eigenvalue weighted by atomic mass is 16.5. The van der Waals surface area contributed by atoms with Gasteiger partial charge in [0.2, 0.25) is 0 Å². The van der Waals surface area contributed by atoms with Gasteiger partial charge in [-0.1, -0.05) is 19.9 Å². The van der Waals surface area contributed by atoms with Gasteiger partial charge in [-0.15, -0.1) is 0 Å². The molecule has 0 atom stereocenters. The number of likely N-dealkylation sites (N-methyl/N-ethyl adjacent to an activating group) is 1. The third-order valence-corrected chi connectivity index (χ3v) is 2.88. The van der Waals surface area contributed by atoms with Crippen molar-refractivity contribution in [1.29, 1.82) is 0 Å². The smallest absolute Gasteiger partial charge is 0.129 e. The van der Waals surface area contributed by atoms with E-state index in [1.54, 1.807) is 14.2 Å². The molecule has 3 nitrogen and oxygen atoms in total. The number of methoxy groups -OCH3 is 2. The van der Waals surface area contributed by atoms with Gasteiger partial charge in [-0.25, -0.2) is 0 Å². The minimum Gasteiger partial charge on any atom is -0.496 e. The van der Waals surface area contributed by atoms with E-state index in [1.807, 2.05) is 13.1 Å². The van der Waals surface area contributed by atoms with Crippen LogP contribution in [-0.2, 0) is 6.42 Å². The normalized spacial score (nSPS) is 10.7. The van der Waals surface area contributed by atoms with E-state index >= 15 is 0 Å². The van der Waals surface area contributed by atoms with Gasteiger partial charge in [-0.3, -0.25) is 0 Å². The van der Waals surface area contributed by atoms with Crippen molar-refractivity contribution in [3.05, 3.63) is 23.3 Å². The van der Waals surface area contributed by atoms with Crippen LogP contribution in [0.4, 0.5) is 0 Å². The molecule has 0 heterocycles. The highest BCUT2D eigenvalue weighted by Gasteiger charge is 2.17. The Morgan fingerprint density at radius 1 is 1.18 bits per heavy atom. The van der Waals surface area contributed by atoms with Gasteiger partial charge in [0, 0.05) is 5.56 Å². The molecule has 0 amide bonds. The van der Waals surface area contributed by atoms with Gasteiger partial charge in [0.15, 0.2) is 0 Å². The van der Waals surface area contributed by atoms with Gasteiger partial charge in [-0.05, 0) is 37.6 Å². The van der Waals surface area contributed by atoms with Crippen LogP contribution in [0.15, 0.2) is 12.1 Å². The minimum absolute atomic E-state index is 0.384. The van der Waals surface area contributed by atoms with E-state index < -0.39 is 0 Å². The van der Waals surface area contributed by atoms with E-state index in [0.717, 1.165) is 30.0 Å². The van der Waals surface area contributed by atoms with E-state index in [1.165, 1.54) is 5.56 Å². The molecule has 0 aliphatic heterocycles. The van der Waals surface area contributed by atoms with Crippen molar-refractivity contribution >= 4 is 0 Å². The summed E-state index contributed by atoms with van der Waals surface area (Å²) in [5, 5.41) is 3.16. The average molecular weight is 237 g/mol. The first-order valence-corrected chi connectivity index (χ1v) is 6.04. The predicted octanol–water partition coefficient (Wildman–Crippen LogP) is 2.59. The largest absolute Gasteiger partial charge is 0.496 e. The molecule has 0 saturated carbocycles. The Balaban J connectivity index is 3.20. The Morgan fingerprint density at radius 2 is 1.88 bits per heavy atom. The maximum atomic E-state index is 5.57. The number of hydrogen-bond acceptors (Lipinski definition) is 3. The molecule has 1 aromatic carbocycles. The fourth-order valence-corrected chi connectivity index (χ4v) is 2.05. The van der Waals surface area contributed by atoms with E-state index in [-0.39, 0.29) is 0 Å². The van der Waals surface area contributed by atoms with Crippen molar-refractivity contribution in [2.75, 3.05) is 27.8 Å². The molecular weight excluding hydrogens is 214 g/mol. The quantitative estimate of drug-likeness (QED) is 0.825. The fourth-order valence-electron chi connectivity index (χ4n) is 2.05. The maximum Gasteiger partial charge on any atom is 0.129 e. The number of benzene rings is 1. The second kappa shape index (κ2) is 6.50. The Labute approximate surface area is 104 Å². The Hall–Kier alpha value is -1.22. The third-order valence-electron chi connectivity index (χ3n) is 2.88. The van der Waals surface area contributed by atoms with E-state index in [4.69, 9.17) is 9.47 Å². The fraction of sp³-hybridized carbons (Fsp3) is 0.571. The summed E-state index contributed by atoms with van der Waals surface area (Å²) in [5.41, 5.74) is 2.38. The highest BCUT2D eigenvalue weighted by Crippen LogP contribution is 2.37. The summed E-state index contributed by atoms with van der Waals surface area (Å²) in [6.45, 7) is 5.25. The molecule has 0 aliphatic rings. The van der Waals surface area contributed by atoms with Crippen molar-refractivity contribution in [3.63, 3.8) is 0 Å². The number of hydrogen-bond donors (Lipinski definition) is 1. The number of ether oxygens (including phenoxy) is 2. The molecule has 0 saturated heterocycles. The summed E-state index contributed by atoms with van der Waals surface area (Å²) >= 11 is 0. The van der Waals surface area contributed by atoms with Crippen LogP contribution in [0.2, 0.25) is 0 Å². The summed E-state index contributed by atoms with van der Waals surface area (Å²) in [4.78, 5) is 0. The summed E-state index contributed by atoms with van der Waals surface area (Å²) < 4.78 is 11.0. The van der Waals surface area contributed by atoms with Crippen LogP contribution in [0.25, 0.3) is 0 Å². The molecule has 0 fully saturated rings. The zero-order valence-corrected chi connectivity index (χ0v) is 11.5.